The number of methoxy groups -OCH3 is 1. The van der Waals surface area contributed by atoms with Crippen molar-refractivity contribution in [3.05, 3.63) is 65.7 Å². The smallest absolute Gasteiger partial charge is 0.339 e. The molecule has 0 spiro atoms. The van der Waals surface area contributed by atoms with E-state index < -0.39 is 5.97 Å². The Balaban J connectivity index is 2.17. The van der Waals surface area contributed by atoms with Gasteiger partial charge in [-0.2, -0.15) is 5.26 Å². The third-order valence-corrected chi connectivity index (χ3v) is 3.57. The summed E-state index contributed by atoms with van der Waals surface area (Å²) in [6, 6.07) is 17.8. The molecular weight excluding hydrogens is 318 g/mol. The molecule has 0 fully saturated rings. The van der Waals surface area contributed by atoms with Crippen LogP contribution in [0.5, 0.6) is 0 Å². The lowest BCUT2D eigenvalue weighted by atomic mass is 10.2. The molecule has 1 N–H and O–H groups in total. The van der Waals surface area contributed by atoms with E-state index in [9.17, 15) is 9.59 Å². The van der Waals surface area contributed by atoms with Crippen molar-refractivity contribution in [1.82, 2.24) is 4.90 Å². The number of anilines is 1. The molecule has 6 heteroatoms. The number of carbonyl (C=O) groups is 2. The zero-order valence-electron chi connectivity index (χ0n) is 13.9. The van der Waals surface area contributed by atoms with Crippen LogP contribution in [0.2, 0.25) is 0 Å². The maximum absolute atomic E-state index is 12.6. The van der Waals surface area contributed by atoms with Crippen LogP contribution >= 0.6 is 0 Å². The Labute approximate surface area is 146 Å². The SMILES string of the molecule is COC(=O)c1ccccc1NC(=O)N(CCC#N)Cc1ccccc1. The zero-order valence-corrected chi connectivity index (χ0v) is 13.9. The standard InChI is InChI=1S/C19H19N3O3/c1-25-18(23)16-10-5-6-11-17(16)21-19(24)22(13-7-12-20)14-15-8-3-2-4-9-15/h2-6,8-11H,7,13-14H2,1H3,(H,21,24). The third kappa shape index (κ3) is 5.08. The minimum absolute atomic E-state index is 0.221. The summed E-state index contributed by atoms with van der Waals surface area (Å²) in [6.45, 7) is 0.659. The molecule has 128 valence electrons. The molecule has 0 saturated heterocycles. The monoisotopic (exact) mass is 337 g/mol. The fourth-order valence-electron chi connectivity index (χ4n) is 2.32. The van der Waals surface area contributed by atoms with Crippen molar-refractivity contribution in [1.29, 1.82) is 5.26 Å². The molecule has 0 aliphatic rings. The number of nitriles is 1. The van der Waals surface area contributed by atoms with Gasteiger partial charge in [-0.1, -0.05) is 42.5 Å². The number of nitrogens with zero attached hydrogens (tertiary/aromatic N) is 2. The topological polar surface area (TPSA) is 82.4 Å². The highest BCUT2D eigenvalue weighted by molar-refractivity contribution is 6.00. The van der Waals surface area contributed by atoms with Crippen LogP contribution in [0.15, 0.2) is 54.6 Å². The molecule has 25 heavy (non-hydrogen) atoms. The van der Waals surface area contributed by atoms with Gasteiger partial charge in [0.05, 0.1) is 30.9 Å². The number of para-hydroxylation sites is 1. The first-order valence-electron chi connectivity index (χ1n) is 7.80. The van der Waals surface area contributed by atoms with Crippen LogP contribution in [0.1, 0.15) is 22.3 Å². The number of nitrogens with one attached hydrogen (secondary N) is 1. The van der Waals surface area contributed by atoms with Gasteiger partial charge < -0.3 is 15.0 Å². The van der Waals surface area contributed by atoms with E-state index in [2.05, 4.69) is 5.32 Å². The van der Waals surface area contributed by atoms with Crippen molar-refractivity contribution >= 4 is 17.7 Å². The van der Waals surface area contributed by atoms with Gasteiger partial charge in [0.1, 0.15) is 0 Å². The highest BCUT2D eigenvalue weighted by Crippen LogP contribution is 2.17. The van der Waals surface area contributed by atoms with Crippen LogP contribution in [-0.2, 0) is 11.3 Å². The molecule has 0 aromatic heterocycles. The summed E-state index contributed by atoms with van der Waals surface area (Å²) < 4.78 is 4.73. The van der Waals surface area contributed by atoms with Gasteiger partial charge in [-0.25, -0.2) is 9.59 Å². The van der Waals surface area contributed by atoms with Gasteiger partial charge in [-0.15, -0.1) is 0 Å². The second-order valence-corrected chi connectivity index (χ2v) is 5.28. The van der Waals surface area contributed by atoms with Gasteiger partial charge in [0, 0.05) is 13.1 Å². The highest BCUT2D eigenvalue weighted by atomic mass is 16.5. The van der Waals surface area contributed by atoms with Gasteiger partial charge in [-0.3, -0.25) is 0 Å². The second-order valence-electron chi connectivity index (χ2n) is 5.28. The molecule has 2 rings (SSSR count). The fraction of sp³-hybridized carbons (Fsp3) is 0.211. The van der Waals surface area contributed by atoms with E-state index in [1.807, 2.05) is 36.4 Å². The minimum atomic E-state index is -0.525. The molecule has 6 nitrogen and oxygen atoms in total. The summed E-state index contributed by atoms with van der Waals surface area (Å²) in [7, 11) is 1.29. The Morgan fingerprint density at radius 1 is 1.12 bits per heavy atom. The highest BCUT2D eigenvalue weighted by Gasteiger charge is 2.17. The minimum Gasteiger partial charge on any atom is -0.465 e. The van der Waals surface area contributed by atoms with E-state index in [4.69, 9.17) is 10.00 Å². The Kier molecular flexibility index (Phi) is 6.55. The molecule has 0 aliphatic carbocycles. The summed E-state index contributed by atoms with van der Waals surface area (Å²) in [5.74, 6) is -0.525. The first kappa shape index (κ1) is 18.0. The summed E-state index contributed by atoms with van der Waals surface area (Å²) >= 11 is 0. The van der Waals surface area contributed by atoms with Gasteiger partial charge in [0.25, 0.3) is 0 Å². The molecule has 0 heterocycles. The Hall–Kier alpha value is -3.33. The normalized spacial score (nSPS) is 9.76. The molecule has 2 aromatic rings. The molecule has 0 unspecified atom stereocenters. The Morgan fingerprint density at radius 2 is 1.80 bits per heavy atom. The van der Waals surface area contributed by atoms with E-state index >= 15 is 0 Å². The van der Waals surface area contributed by atoms with Gasteiger partial charge in [0.2, 0.25) is 0 Å². The van der Waals surface area contributed by atoms with Crippen molar-refractivity contribution in [2.24, 2.45) is 0 Å². The van der Waals surface area contributed by atoms with E-state index in [0.29, 0.717) is 12.2 Å². The molecule has 0 bridgehead atoms. The summed E-state index contributed by atoms with van der Waals surface area (Å²) in [5.41, 5.74) is 1.60. The molecule has 2 amide bonds. The number of carbonyl (C=O) groups excluding carboxylic acids is 2. The van der Waals surface area contributed by atoms with Crippen LogP contribution in [0.25, 0.3) is 0 Å². The van der Waals surface area contributed by atoms with Gasteiger partial charge in [0.15, 0.2) is 0 Å². The number of urea groups is 1. The zero-order chi connectivity index (χ0) is 18.1. The molecular formula is C19H19N3O3. The first-order chi connectivity index (χ1) is 12.2. The fourth-order valence-corrected chi connectivity index (χ4v) is 2.32. The van der Waals surface area contributed by atoms with Crippen LogP contribution in [-0.4, -0.2) is 30.6 Å². The maximum Gasteiger partial charge on any atom is 0.339 e. The predicted octanol–water partition coefficient (Wildman–Crippen LogP) is 3.42. The average molecular weight is 337 g/mol. The van der Waals surface area contributed by atoms with E-state index in [-0.39, 0.29) is 24.6 Å². The third-order valence-electron chi connectivity index (χ3n) is 3.57. The Morgan fingerprint density at radius 3 is 2.48 bits per heavy atom. The molecule has 0 saturated carbocycles. The predicted molar refractivity (Wildman–Crippen MR) is 93.9 cm³/mol. The number of amides is 2. The van der Waals surface area contributed by atoms with Gasteiger partial charge >= 0.3 is 12.0 Å². The number of hydrogen-bond acceptors (Lipinski definition) is 4. The molecule has 0 aliphatic heterocycles. The molecule has 2 aromatic carbocycles. The van der Waals surface area contributed by atoms with E-state index in [1.165, 1.54) is 12.0 Å². The quantitative estimate of drug-likeness (QED) is 0.819. The maximum atomic E-state index is 12.6. The second kappa shape index (κ2) is 9.08. The first-order valence-corrected chi connectivity index (χ1v) is 7.80. The van der Waals surface area contributed by atoms with Crippen molar-refractivity contribution in [2.75, 3.05) is 19.0 Å². The van der Waals surface area contributed by atoms with Crippen LogP contribution in [0, 0.1) is 11.3 Å². The van der Waals surface area contributed by atoms with E-state index in [1.54, 1.807) is 24.3 Å². The number of hydrogen-bond donors (Lipinski definition) is 1. The largest absolute Gasteiger partial charge is 0.465 e. The van der Waals surface area contributed by atoms with Crippen LogP contribution in [0.4, 0.5) is 10.5 Å². The summed E-state index contributed by atoms with van der Waals surface area (Å²) in [6.07, 6.45) is 0.221. The van der Waals surface area contributed by atoms with Crippen molar-refractivity contribution < 1.29 is 14.3 Å². The van der Waals surface area contributed by atoms with Crippen molar-refractivity contribution in [2.45, 2.75) is 13.0 Å². The number of esters is 1. The lowest BCUT2D eigenvalue weighted by Crippen LogP contribution is -2.35. The van der Waals surface area contributed by atoms with E-state index in [0.717, 1.165) is 5.56 Å². The lowest BCUT2D eigenvalue weighted by Gasteiger charge is -2.23. The van der Waals surface area contributed by atoms with Crippen LogP contribution < -0.4 is 5.32 Å². The lowest BCUT2D eigenvalue weighted by molar-refractivity contribution is 0.0602. The van der Waals surface area contributed by atoms with Crippen LogP contribution in [0.3, 0.4) is 0 Å². The average Bonchev–Trinajstić information content (AvgIpc) is 2.65. The molecule has 0 radical (unpaired) electrons. The number of benzene rings is 2. The Bertz CT molecular complexity index is 769. The summed E-state index contributed by atoms with van der Waals surface area (Å²) in [5, 5.41) is 11.6. The number of ether oxygens (including phenoxy) is 1. The van der Waals surface area contributed by atoms with Gasteiger partial charge in [-0.05, 0) is 17.7 Å². The van der Waals surface area contributed by atoms with Crippen molar-refractivity contribution in [3.8, 4) is 6.07 Å². The summed E-state index contributed by atoms with van der Waals surface area (Å²) in [4.78, 5) is 26.0. The number of rotatable bonds is 6. The van der Waals surface area contributed by atoms with Crippen molar-refractivity contribution in [3.63, 3.8) is 0 Å². The molecule has 0 atom stereocenters.